The number of carbonyl (C=O) groups is 4. The minimum absolute atomic E-state index is 0.298. The van der Waals surface area contributed by atoms with E-state index in [4.69, 9.17) is 4.74 Å². The number of hydrogen-bond acceptors (Lipinski definition) is 5. The Kier molecular flexibility index (Phi) is 6.21. The Morgan fingerprint density at radius 2 is 1.38 bits per heavy atom. The van der Waals surface area contributed by atoms with E-state index in [0.29, 0.717) is 24.0 Å². The average molecular weight is 434 g/mol. The summed E-state index contributed by atoms with van der Waals surface area (Å²) in [6.07, 6.45) is 2.04. The van der Waals surface area contributed by atoms with E-state index in [1.165, 1.54) is 0 Å². The Morgan fingerprint density at radius 1 is 0.875 bits per heavy atom. The van der Waals surface area contributed by atoms with Gasteiger partial charge in [-0.25, -0.2) is 0 Å². The first-order chi connectivity index (χ1) is 15.3. The summed E-state index contributed by atoms with van der Waals surface area (Å²) < 4.78 is 5.60. The minimum atomic E-state index is -1.15. The van der Waals surface area contributed by atoms with Crippen LogP contribution in [0.5, 0.6) is 0 Å². The molecule has 0 N–H and O–H groups in total. The molecule has 4 rings (SSSR count). The molecule has 166 valence electrons. The van der Waals surface area contributed by atoms with Crippen LogP contribution in [0.4, 0.5) is 0 Å². The number of Topliss-reactive ketones (excluding diaryl/α,β-unsaturated/α-hetero) is 1. The molecule has 0 radical (unpaired) electrons. The van der Waals surface area contributed by atoms with E-state index in [1.807, 2.05) is 38.1 Å². The highest BCUT2D eigenvalue weighted by Crippen LogP contribution is 2.38. The van der Waals surface area contributed by atoms with Crippen molar-refractivity contribution in [3.05, 3.63) is 70.8 Å². The predicted octanol–water partition coefficient (Wildman–Crippen LogP) is 3.95. The second-order valence-corrected chi connectivity index (χ2v) is 8.77. The van der Waals surface area contributed by atoms with Crippen LogP contribution in [0.1, 0.15) is 58.8 Å². The third-order valence-electron chi connectivity index (χ3n) is 6.42. The zero-order chi connectivity index (χ0) is 22.8. The molecule has 0 spiro atoms. The summed E-state index contributed by atoms with van der Waals surface area (Å²) in [7, 11) is 0. The number of amides is 2. The molecule has 2 aliphatic rings. The summed E-state index contributed by atoms with van der Waals surface area (Å²) in [5.74, 6) is -2.37. The third kappa shape index (κ3) is 4.35. The Labute approximate surface area is 187 Å². The maximum Gasteiger partial charge on any atom is 0.327 e. The van der Waals surface area contributed by atoms with Gasteiger partial charge in [0.25, 0.3) is 0 Å². The molecule has 32 heavy (non-hydrogen) atoms. The number of ether oxygens (including phenoxy) is 1. The summed E-state index contributed by atoms with van der Waals surface area (Å²) in [5, 5.41) is 0. The number of nitrogens with zero attached hydrogens (tertiary/aromatic N) is 1. The van der Waals surface area contributed by atoms with Crippen molar-refractivity contribution < 1.29 is 23.9 Å². The first kappa shape index (κ1) is 21.9. The van der Waals surface area contributed by atoms with Crippen molar-refractivity contribution in [2.75, 3.05) is 6.54 Å². The summed E-state index contributed by atoms with van der Waals surface area (Å²) in [6.45, 7) is 3.39. The van der Waals surface area contributed by atoms with E-state index in [9.17, 15) is 19.2 Å². The van der Waals surface area contributed by atoms with Crippen molar-refractivity contribution >= 4 is 23.6 Å². The molecule has 6 heteroatoms. The first-order valence-corrected chi connectivity index (χ1v) is 11.1. The molecule has 2 aromatic carbocycles. The van der Waals surface area contributed by atoms with Gasteiger partial charge in [0.15, 0.2) is 6.10 Å². The standard InChI is InChI=1S/C26H27NO5/c1-16-7-11-18(12-8-16)23(29)24(19-13-9-17(2)10-14-19)32-22(28)15-27-25(30)20-5-3-4-6-21(20)26(27)31/h7-14,20-21,24H,3-6,15H2,1-2H3. The number of carbonyl (C=O) groups excluding carboxylic acids is 4. The predicted molar refractivity (Wildman–Crippen MR) is 118 cm³/mol. The Morgan fingerprint density at radius 3 is 1.91 bits per heavy atom. The van der Waals surface area contributed by atoms with Gasteiger partial charge in [-0.15, -0.1) is 0 Å². The molecule has 3 atom stereocenters. The molecule has 1 aliphatic carbocycles. The number of hydrogen-bond donors (Lipinski definition) is 0. The van der Waals surface area contributed by atoms with Crippen molar-refractivity contribution in [3.63, 3.8) is 0 Å². The SMILES string of the molecule is Cc1ccc(C(=O)C(OC(=O)CN2C(=O)C3CCCCC3C2=O)c2ccc(C)cc2)cc1. The van der Waals surface area contributed by atoms with Crippen molar-refractivity contribution in [1.29, 1.82) is 0 Å². The van der Waals surface area contributed by atoms with Gasteiger partial charge >= 0.3 is 5.97 Å². The Hall–Kier alpha value is -3.28. The lowest BCUT2D eigenvalue weighted by Gasteiger charge is -2.20. The number of fused-ring (bicyclic) bond motifs is 1. The average Bonchev–Trinajstić information content (AvgIpc) is 3.03. The van der Waals surface area contributed by atoms with Crippen LogP contribution in [0.3, 0.4) is 0 Å². The molecule has 1 heterocycles. The maximum absolute atomic E-state index is 13.2. The number of benzene rings is 2. The smallest absolute Gasteiger partial charge is 0.327 e. The van der Waals surface area contributed by atoms with Crippen molar-refractivity contribution in [1.82, 2.24) is 4.90 Å². The van der Waals surface area contributed by atoms with Crippen LogP contribution in [0.2, 0.25) is 0 Å². The number of imide groups is 1. The van der Waals surface area contributed by atoms with E-state index < -0.39 is 18.6 Å². The highest BCUT2D eigenvalue weighted by atomic mass is 16.5. The van der Waals surface area contributed by atoms with E-state index in [1.54, 1.807) is 24.3 Å². The quantitative estimate of drug-likeness (QED) is 0.392. The number of ketones is 1. The van der Waals surface area contributed by atoms with Gasteiger partial charge in [0, 0.05) is 11.1 Å². The molecule has 2 amide bonds. The fourth-order valence-corrected chi connectivity index (χ4v) is 4.57. The monoisotopic (exact) mass is 433 g/mol. The van der Waals surface area contributed by atoms with Crippen LogP contribution in [-0.2, 0) is 19.1 Å². The molecule has 6 nitrogen and oxygen atoms in total. The molecule has 2 aromatic rings. The number of aryl methyl sites for hydroxylation is 2. The Balaban J connectivity index is 1.54. The molecule has 3 unspecified atom stereocenters. The second kappa shape index (κ2) is 9.07. The van der Waals surface area contributed by atoms with Crippen LogP contribution in [0.15, 0.2) is 48.5 Å². The zero-order valence-corrected chi connectivity index (χ0v) is 18.4. The van der Waals surface area contributed by atoms with Crippen LogP contribution >= 0.6 is 0 Å². The molecule has 1 saturated heterocycles. The lowest BCUT2D eigenvalue weighted by molar-refractivity contribution is -0.155. The summed E-state index contributed by atoms with van der Waals surface area (Å²) in [6, 6.07) is 14.2. The molecule has 0 aromatic heterocycles. The van der Waals surface area contributed by atoms with Crippen LogP contribution in [0, 0.1) is 25.7 Å². The first-order valence-electron chi connectivity index (χ1n) is 11.1. The fraction of sp³-hybridized carbons (Fsp3) is 0.385. The van der Waals surface area contributed by atoms with Crippen LogP contribution in [0.25, 0.3) is 0 Å². The highest BCUT2D eigenvalue weighted by Gasteiger charge is 2.48. The van der Waals surface area contributed by atoms with Gasteiger partial charge in [0.05, 0.1) is 11.8 Å². The van der Waals surface area contributed by atoms with Gasteiger partial charge in [0.1, 0.15) is 6.54 Å². The van der Waals surface area contributed by atoms with Crippen LogP contribution < -0.4 is 0 Å². The van der Waals surface area contributed by atoms with Gasteiger partial charge in [-0.1, -0.05) is 72.5 Å². The topological polar surface area (TPSA) is 80.8 Å². The number of esters is 1. The summed E-state index contributed by atoms with van der Waals surface area (Å²) in [4.78, 5) is 52.5. The van der Waals surface area contributed by atoms with Gasteiger partial charge in [-0.2, -0.15) is 0 Å². The molecule has 2 fully saturated rings. The van der Waals surface area contributed by atoms with Gasteiger partial charge in [-0.3, -0.25) is 24.1 Å². The van der Waals surface area contributed by atoms with Crippen molar-refractivity contribution in [2.45, 2.75) is 45.6 Å². The lowest BCUT2D eigenvalue weighted by Crippen LogP contribution is -2.37. The summed E-state index contributed by atoms with van der Waals surface area (Å²) >= 11 is 0. The number of likely N-dealkylation sites (tertiary alicyclic amines) is 1. The lowest BCUT2D eigenvalue weighted by atomic mass is 9.81. The van der Waals surface area contributed by atoms with E-state index in [2.05, 4.69) is 0 Å². The third-order valence-corrected chi connectivity index (χ3v) is 6.42. The van der Waals surface area contributed by atoms with Crippen molar-refractivity contribution in [3.8, 4) is 0 Å². The minimum Gasteiger partial charge on any atom is -0.448 e. The van der Waals surface area contributed by atoms with Gasteiger partial charge in [-0.05, 0) is 26.7 Å². The second-order valence-electron chi connectivity index (χ2n) is 8.77. The normalized spacial score (nSPS) is 21.2. The fourth-order valence-electron chi connectivity index (χ4n) is 4.57. The van der Waals surface area contributed by atoms with Crippen molar-refractivity contribution in [2.24, 2.45) is 11.8 Å². The maximum atomic E-state index is 13.2. The molecule has 1 aliphatic heterocycles. The largest absolute Gasteiger partial charge is 0.448 e. The molecular formula is C26H27NO5. The Bertz CT molecular complexity index is 1020. The van der Waals surface area contributed by atoms with Gasteiger partial charge in [0.2, 0.25) is 17.6 Å². The van der Waals surface area contributed by atoms with E-state index in [-0.39, 0.29) is 29.4 Å². The van der Waals surface area contributed by atoms with Crippen LogP contribution in [-0.4, -0.2) is 35.0 Å². The summed E-state index contributed by atoms with van der Waals surface area (Å²) in [5.41, 5.74) is 2.99. The molecule has 1 saturated carbocycles. The van der Waals surface area contributed by atoms with E-state index in [0.717, 1.165) is 28.9 Å². The zero-order valence-electron chi connectivity index (χ0n) is 18.4. The molecule has 0 bridgehead atoms. The van der Waals surface area contributed by atoms with Gasteiger partial charge < -0.3 is 4.74 Å². The van der Waals surface area contributed by atoms with E-state index >= 15 is 0 Å². The number of rotatable bonds is 6. The molecular weight excluding hydrogens is 406 g/mol. The highest BCUT2D eigenvalue weighted by molar-refractivity contribution is 6.07.